The first kappa shape index (κ1) is 25.9. The fourth-order valence-electron chi connectivity index (χ4n) is 3.18. The smallest absolute Gasteiger partial charge is 0.343 e. The van der Waals surface area contributed by atoms with Crippen molar-refractivity contribution in [3.05, 3.63) is 70.5 Å². The number of anilines is 1. The number of rotatable bonds is 8. The van der Waals surface area contributed by atoms with E-state index in [1.807, 2.05) is 0 Å². The van der Waals surface area contributed by atoms with Crippen LogP contribution in [0.3, 0.4) is 0 Å². The molecule has 2 amide bonds. The van der Waals surface area contributed by atoms with E-state index >= 15 is 0 Å². The topological polar surface area (TPSA) is 157 Å². The first-order valence-electron chi connectivity index (χ1n) is 11.1. The molecule has 2 aromatic rings. The van der Waals surface area contributed by atoms with Gasteiger partial charge in [0.15, 0.2) is 5.76 Å². The Labute approximate surface area is 206 Å². The van der Waals surface area contributed by atoms with Crippen molar-refractivity contribution in [1.82, 2.24) is 5.32 Å². The van der Waals surface area contributed by atoms with Gasteiger partial charge in [0.05, 0.1) is 31.0 Å². The minimum atomic E-state index is -0.898. The molecule has 0 aliphatic carbocycles. The van der Waals surface area contributed by atoms with Crippen LogP contribution in [-0.4, -0.2) is 47.8 Å². The fourth-order valence-corrected chi connectivity index (χ4v) is 3.18. The van der Waals surface area contributed by atoms with Gasteiger partial charge in [-0.15, -0.1) is 0 Å². The molecule has 0 saturated carbocycles. The van der Waals surface area contributed by atoms with E-state index in [-0.39, 0.29) is 36.8 Å². The summed E-state index contributed by atoms with van der Waals surface area (Å²) in [4.78, 5) is 52.1. The predicted molar refractivity (Wildman–Crippen MR) is 129 cm³/mol. The number of nitrogens with one attached hydrogen (secondary N) is 2. The Morgan fingerprint density at radius 1 is 0.972 bits per heavy atom. The lowest BCUT2D eigenvalue weighted by atomic mass is 10.1. The molecule has 3 N–H and O–H groups in total. The van der Waals surface area contributed by atoms with E-state index in [0.717, 1.165) is 0 Å². The first-order chi connectivity index (χ1) is 17.2. The van der Waals surface area contributed by atoms with Gasteiger partial charge in [-0.05, 0) is 57.2 Å². The highest BCUT2D eigenvalue weighted by Gasteiger charge is 2.27. The molecule has 2 heterocycles. The highest BCUT2D eigenvalue weighted by Crippen LogP contribution is 2.27. The number of carbonyl (C=O) groups excluding carboxylic acids is 4. The Bertz CT molecular complexity index is 1270. The number of esters is 2. The summed E-state index contributed by atoms with van der Waals surface area (Å²) in [5, 5.41) is 15.2. The van der Waals surface area contributed by atoms with Crippen LogP contribution in [-0.2, 0) is 30.4 Å². The van der Waals surface area contributed by atoms with E-state index in [0.29, 0.717) is 28.5 Å². The first-order valence-corrected chi connectivity index (χ1v) is 11.1. The predicted octanol–water partition coefficient (Wildman–Crippen LogP) is 2.90. The van der Waals surface area contributed by atoms with Crippen molar-refractivity contribution in [3.8, 4) is 0 Å². The maximum absolute atomic E-state index is 12.1. The average Bonchev–Trinajstić information content (AvgIpc) is 3.41. The van der Waals surface area contributed by atoms with Gasteiger partial charge in [0.1, 0.15) is 22.8 Å². The summed E-state index contributed by atoms with van der Waals surface area (Å²) in [6.45, 7) is 5.26. The lowest BCUT2D eigenvalue weighted by Crippen LogP contribution is -2.34. The van der Waals surface area contributed by atoms with E-state index in [1.54, 1.807) is 32.9 Å². The van der Waals surface area contributed by atoms with Crippen LogP contribution in [0.1, 0.15) is 42.6 Å². The van der Waals surface area contributed by atoms with Crippen LogP contribution in [0.15, 0.2) is 62.8 Å². The van der Waals surface area contributed by atoms with Crippen LogP contribution in [0, 0.1) is 0 Å². The number of hydrogen-bond acceptors (Lipinski definition) is 9. The summed E-state index contributed by atoms with van der Waals surface area (Å²) in [6, 6.07) is 9.08. The van der Waals surface area contributed by atoms with Gasteiger partial charge >= 0.3 is 23.8 Å². The SMILES string of the molecule is CCOC(=O)C1=C(O)/C(=C\c2ccc(CNC(=O)C(=O)Nc3ccc(C(=O)OCC)cc3)o2)N=C1C. The molecule has 0 bridgehead atoms. The van der Waals surface area contributed by atoms with Crippen molar-refractivity contribution in [1.29, 1.82) is 0 Å². The second-order valence-electron chi connectivity index (χ2n) is 7.41. The van der Waals surface area contributed by atoms with Crippen molar-refractivity contribution in [2.24, 2.45) is 4.99 Å². The van der Waals surface area contributed by atoms with Crippen molar-refractivity contribution in [3.63, 3.8) is 0 Å². The molecule has 1 aromatic carbocycles. The van der Waals surface area contributed by atoms with Gasteiger partial charge in [0.2, 0.25) is 0 Å². The average molecular weight is 495 g/mol. The molecule has 0 spiro atoms. The van der Waals surface area contributed by atoms with E-state index < -0.39 is 23.8 Å². The number of amides is 2. The zero-order valence-corrected chi connectivity index (χ0v) is 19.9. The van der Waals surface area contributed by atoms with Crippen LogP contribution >= 0.6 is 0 Å². The van der Waals surface area contributed by atoms with Gasteiger partial charge in [-0.25, -0.2) is 14.6 Å². The summed E-state index contributed by atoms with van der Waals surface area (Å²) in [5.41, 5.74) is 1.09. The summed E-state index contributed by atoms with van der Waals surface area (Å²) >= 11 is 0. The van der Waals surface area contributed by atoms with E-state index in [2.05, 4.69) is 15.6 Å². The number of aliphatic hydroxyl groups is 1. The number of hydrogen-bond donors (Lipinski definition) is 3. The largest absolute Gasteiger partial charge is 0.505 e. The van der Waals surface area contributed by atoms with Crippen molar-refractivity contribution >= 4 is 41.2 Å². The van der Waals surface area contributed by atoms with Crippen molar-refractivity contribution in [2.75, 3.05) is 18.5 Å². The number of benzene rings is 1. The highest BCUT2D eigenvalue weighted by molar-refractivity contribution is 6.39. The molecule has 3 rings (SSSR count). The van der Waals surface area contributed by atoms with Gasteiger partial charge in [-0.3, -0.25) is 9.59 Å². The van der Waals surface area contributed by atoms with Crippen molar-refractivity contribution < 1.29 is 38.2 Å². The highest BCUT2D eigenvalue weighted by atomic mass is 16.5. The quantitative estimate of drug-likeness (QED) is 0.373. The van der Waals surface area contributed by atoms with Gasteiger partial charge in [-0.1, -0.05) is 0 Å². The number of ether oxygens (including phenoxy) is 2. The number of aliphatic hydroxyl groups excluding tert-OH is 1. The summed E-state index contributed by atoms with van der Waals surface area (Å²) in [7, 11) is 0. The van der Waals surface area contributed by atoms with Crippen LogP contribution in [0.25, 0.3) is 6.08 Å². The summed E-state index contributed by atoms with van der Waals surface area (Å²) in [5.74, 6) is -2.60. The van der Waals surface area contributed by atoms with E-state index in [4.69, 9.17) is 13.9 Å². The molecule has 0 atom stereocenters. The summed E-state index contributed by atoms with van der Waals surface area (Å²) in [6.07, 6.45) is 1.43. The Morgan fingerprint density at radius 2 is 1.64 bits per heavy atom. The fraction of sp³-hybridized carbons (Fsp3) is 0.240. The molecule has 0 saturated heterocycles. The third-order valence-electron chi connectivity index (χ3n) is 4.85. The molecule has 188 valence electrons. The van der Waals surface area contributed by atoms with Crippen LogP contribution in [0.2, 0.25) is 0 Å². The second kappa shape index (κ2) is 11.6. The number of carbonyl (C=O) groups is 4. The van der Waals surface area contributed by atoms with Crippen LogP contribution in [0.4, 0.5) is 5.69 Å². The molecule has 0 radical (unpaired) electrons. The van der Waals surface area contributed by atoms with Gasteiger partial charge in [0, 0.05) is 11.8 Å². The molecule has 1 aliphatic heterocycles. The third kappa shape index (κ3) is 6.26. The Morgan fingerprint density at radius 3 is 2.31 bits per heavy atom. The molecular formula is C25H25N3O8. The molecule has 36 heavy (non-hydrogen) atoms. The van der Waals surface area contributed by atoms with Crippen LogP contribution < -0.4 is 10.6 Å². The van der Waals surface area contributed by atoms with Crippen LogP contribution in [0.5, 0.6) is 0 Å². The zero-order valence-electron chi connectivity index (χ0n) is 19.9. The lowest BCUT2D eigenvalue weighted by Gasteiger charge is -2.07. The van der Waals surface area contributed by atoms with Gasteiger partial charge < -0.3 is 29.6 Å². The molecule has 11 nitrogen and oxygen atoms in total. The van der Waals surface area contributed by atoms with E-state index in [1.165, 1.54) is 30.3 Å². The molecule has 1 aromatic heterocycles. The zero-order chi connectivity index (χ0) is 26.2. The molecule has 0 fully saturated rings. The van der Waals surface area contributed by atoms with Crippen molar-refractivity contribution in [2.45, 2.75) is 27.3 Å². The lowest BCUT2D eigenvalue weighted by molar-refractivity contribution is -0.138. The molecular weight excluding hydrogens is 470 g/mol. The standard InChI is InChI=1S/C25H25N3O8/c1-4-34-24(32)15-6-8-16(9-7-15)28-23(31)22(30)26-13-18-11-10-17(36-18)12-19-21(29)20(14(3)27-19)25(33)35-5-2/h6-12,29H,4-5,13H2,1-3H3,(H,26,30)(H,28,31)/b19-12+. The number of furan rings is 1. The number of nitrogens with zero attached hydrogens (tertiary/aromatic N) is 1. The molecule has 0 unspecified atom stereocenters. The third-order valence-corrected chi connectivity index (χ3v) is 4.85. The Hall–Kier alpha value is -4.67. The summed E-state index contributed by atoms with van der Waals surface area (Å²) < 4.78 is 15.4. The van der Waals surface area contributed by atoms with E-state index in [9.17, 15) is 24.3 Å². The maximum atomic E-state index is 12.1. The number of aliphatic imine (C=N–C) groups is 1. The maximum Gasteiger partial charge on any atom is 0.343 e. The Kier molecular flexibility index (Phi) is 8.39. The monoisotopic (exact) mass is 495 g/mol. The normalized spacial score (nSPS) is 13.9. The Balaban J connectivity index is 1.56. The van der Waals surface area contributed by atoms with Gasteiger partial charge in [0.25, 0.3) is 0 Å². The molecule has 1 aliphatic rings. The minimum absolute atomic E-state index is 0.0105. The minimum Gasteiger partial charge on any atom is -0.505 e. The van der Waals surface area contributed by atoms with Gasteiger partial charge in [-0.2, -0.15) is 0 Å². The second-order valence-corrected chi connectivity index (χ2v) is 7.41. The molecule has 11 heteroatoms.